The first-order chi connectivity index (χ1) is 16.6. The summed E-state index contributed by atoms with van der Waals surface area (Å²) in [7, 11) is 0. The summed E-state index contributed by atoms with van der Waals surface area (Å²) in [6.45, 7) is 9.79. The second-order valence-electron chi connectivity index (χ2n) is 7.13. The van der Waals surface area contributed by atoms with Gasteiger partial charge in [-0.3, -0.25) is 0 Å². The number of rotatable bonds is 10. The van der Waals surface area contributed by atoms with Gasteiger partial charge < -0.3 is 38.6 Å². The van der Waals surface area contributed by atoms with E-state index in [1.165, 1.54) is 0 Å². The van der Waals surface area contributed by atoms with Gasteiger partial charge in [0, 0.05) is 24.8 Å². The maximum absolute atomic E-state index is 5.83. The predicted molar refractivity (Wildman–Crippen MR) is 127 cm³/mol. The van der Waals surface area contributed by atoms with Gasteiger partial charge in [0.25, 0.3) is 0 Å². The summed E-state index contributed by atoms with van der Waals surface area (Å²) in [5, 5.41) is 3.81. The molecule has 0 spiro atoms. The van der Waals surface area contributed by atoms with Crippen molar-refractivity contribution in [2.75, 3.05) is 51.6 Å². The van der Waals surface area contributed by atoms with Crippen LogP contribution in [0.25, 0.3) is 0 Å². The Balaban J connectivity index is 1.33. The largest absolute Gasteiger partial charge is 0.460 e. The van der Waals surface area contributed by atoms with Gasteiger partial charge >= 0.3 is 18.0 Å². The molecule has 0 radical (unpaired) electrons. The first kappa shape index (κ1) is 23.5. The normalized spacial score (nSPS) is 16.5. The highest BCUT2D eigenvalue weighted by molar-refractivity contribution is 7.80. The molecule has 34 heavy (non-hydrogen) atoms. The maximum Gasteiger partial charge on any atom is 0.326 e. The average molecular weight is 488 g/mol. The van der Waals surface area contributed by atoms with Crippen molar-refractivity contribution in [1.82, 2.24) is 19.9 Å². The van der Waals surface area contributed by atoms with Crippen LogP contribution in [0.3, 0.4) is 0 Å². The van der Waals surface area contributed by atoms with Gasteiger partial charge in [-0.25, -0.2) is 0 Å². The Morgan fingerprint density at radius 2 is 1.74 bits per heavy atom. The first-order valence-corrected chi connectivity index (χ1v) is 11.0. The molecule has 0 bridgehead atoms. The van der Waals surface area contributed by atoms with Gasteiger partial charge in [-0.1, -0.05) is 25.3 Å². The van der Waals surface area contributed by atoms with E-state index in [9.17, 15) is 0 Å². The van der Waals surface area contributed by atoms with Gasteiger partial charge in [0.15, 0.2) is 16.6 Å². The van der Waals surface area contributed by atoms with Crippen LogP contribution in [-0.4, -0.2) is 77.4 Å². The van der Waals surface area contributed by atoms with Gasteiger partial charge in [0.1, 0.15) is 25.9 Å². The van der Waals surface area contributed by atoms with E-state index in [0.29, 0.717) is 30.6 Å². The van der Waals surface area contributed by atoms with Crippen LogP contribution in [0.1, 0.15) is 0 Å². The molecule has 0 saturated carbocycles. The molecule has 1 aromatic carbocycles. The number of fused-ring (bicyclic) bond motifs is 1. The molecule has 2 aliphatic rings. The molecule has 11 nitrogen and oxygen atoms in total. The summed E-state index contributed by atoms with van der Waals surface area (Å²) in [6, 6.07) is 5.80. The maximum atomic E-state index is 5.83. The number of nitrogens with one attached hydrogen (secondary N) is 1. The third kappa shape index (κ3) is 6.23. The summed E-state index contributed by atoms with van der Waals surface area (Å²) >= 11 is 5.59. The number of ether oxygens (including phenoxy) is 6. The molecule has 12 heteroatoms. The van der Waals surface area contributed by atoms with Crippen molar-refractivity contribution >= 4 is 23.0 Å². The predicted octanol–water partition coefficient (Wildman–Crippen LogP) is 2.21. The van der Waals surface area contributed by atoms with Gasteiger partial charge in [-0.2, -0.15) is 0 Å². The smallest absolute Gasteiger partial charge is 0.326 e. The fourth-order valence-electron chi connectivity index (χ4n) is 3.13. The van der Waals surface area contributed by atoms with Gasteiger partial charge in [0.05, 0.1) is 6.61 Å². The Hall–Kier alpha value is -3.64. The fraction of sp³-hybridized carbons (Fsp3) is 0.364. The number of hydrogen-bond donors (Lipinski definition) is 1. The lowest BCUT2D eigenvalue weighted by atomic mass is 10.2. The molecule has 3 heterocycles. The van der Waals surface area contributed by atoms with Crippen molar-refractivity contribution < 1.29 is 28.4 Å². The van der Waals surface area contributed by atoms with Crippen LogP contribution in [0.4, 0.5) is 5.69 Å². The molecule has 4 rings (SSSR count). The highest BCUT2D eigenvalue weighted by Gasteiger charge is 2.24. The van der Waals surface area contributed by atoms with E-state index in [-0.39, 0.29) is 50.7 Å². The molecule has 1 saturated heterocycles. The van der Waals surface area contributed by atoms with Crippen LogP contribution in [0.15, 0.2) is 43.5 Å². The second-order valence-corrected chi connectivity index (χ2v) is 7.52. The lowest BCUT2D eigenvalue weighted by molar-refractivity contribution is -0.0298. The number of morpholine rings is 1. The third-order valence-electron chi connectivity index (χ3n) is 4.68. The van der Waals surface area contributed by atoms with Crippen molar-refractivity contribution in [3.8, 4) is 29.5 Å². The standard InChI is InChI=1S/C22H25N5O6S/c1-3-8-29-19-24-20(30-9-4-2)26-21(25-19)31-13-16-12-27(7-10-28-16)22(34)23-15-5-6-17-18(11-15)33-14-32-17/h3-6,11,16H,1-2,7-10,12-14H2,(H,23,34). The third-order valence-corrected chi connectivity index (χ3v) is 5.04. The topological polar surface area (TPSA) is 109 Å². The number of benzene rings is 1. The van der Waals surface area contributed by atoms with E-state index in [1.54, 1.807) is 12.2 Å². The number of aromatic nitrogens is 3. The Labute approximate surface area is 202 Å². The minimum atomic E-state index is -0.253. The summed E-state index contributed by atoms with van der Waals surface area (Å²) < 4.78 is 33.1. The number of thiocarbonyl (C=S) groups is 1. The minimum absolute atomic E-state index is 0.0647. The van der Waals surface area contributed by atoms with E-state index < -0.39 is 0 Å². The molecule has 180 valence electrons. The zero-order valence-electron chi connectivity index (χ0n) is 18.5. The van der Waals surface area contributed by atoms with Crippen LogP contribution >= 0.6 is 12.2 Å². The zero-order valence-corrected chi connectivity index (χ0v) is 19.3. The van der Waals surface area contributed by atoms with Crippen molar-refractivity contribution in [2.24, 2.45) is 0 Å². The molecule has 1 unspecified atom stereocenters. The summed E-state index contributed by atoms with van der Waals surface area (Å²) in [4.78, 5) is 14.4. The van der Waals surface area contributed by atoms with Crippen LogP contribution in [0.5, 0.6) is 29.5 Å². The molecule has 1 fully saturated rings. The van der Waals surface area contributed by atoms with Gasteiger partial charge in [0.2, 0.25) is 6.79 Å². The monoisotopic (exact) mass is 487 g/mol. The molecule has 1 aromatic heterocycles. The van der Waals surface area contributed by atoms with Crippen molar-refractivity contribution in [2.45, 2.75) is 6.10 Å². The Morgan fingerprint density at radius 3 is 2.44 bits per heavy atom. The van der Waals surface area contributed by atoms with E-state index >= 15 is 0 Å². The SMILES string of the molecule is C=CCOc1nc(OCC=C)nc(OCC2CN(C(=S)Nc3ccc4c(c3)OCO4)CCO2)n1. The fourth-order valence-corrected chi connectivity index (χ4v) is 3.41. The van der Waals surface area contributed by atoms with Crippen molar-refractivity contribution in [3.63, 3.8) is 0 Å². The van der Waals surface area contributed by atoms with Crippen LogP contribution in [-0.2, 0) is 4.74 Å². The molecule has 1 N–H and O–H groups in total. The van der Waals surface area contributed by atoms with E-state index in [1.807, 2.05) is 23.1 Å². The molecular weight excluding hydrogens is 462 g/mol. The van der Waals surface area contributed by atoms with Gasteiger partial charge in [-0.15, -0.1) is 15.0 Å². The number of hydrogen-bond acceptors (Lipinski definition) is 10. The zero-order chi connectivity index (χ0) is 23.8. The lowest BCUT2D eigenvalue weighted by Gasteiger charge is -2.34. The van der Waals surface area contributed by atoms with Crippen LogP contribution in [0, 0.1) is 0 Å². The van der Waals surface area contributed by atoms with Crippen molar-refractivity contribution in [3.05, 3.63) is 43.5 Å². The average Bonchev–Trinajstić information content (AvgIpc) is 3.33. The quantitative estimate of drug-likeness (QED) is 0.392. The molecule has 2 aliphatic heterocycles. The Morgan fingerprint density at radius 1 is 1.06 bits per heavy atom. The lowest BCUT2D eigenvalue weighted by Crippen LogP contribution is -2.49. The summed E-state index contributed by atoms with van der Waals surface area (Å²) in [6.07, 6.45) is 2.91. The highest BCUT2D eigenvalue weighted by atomic mass is 32.1. The number of nitrogens with zero attached hydrogens (tertiary/aromatic N) is 4. The number of anilines is 1. The van der Waals surface area contributed by atoms with Crippen LogP contribution < -0.4 is 29.0 Å². The minimum Gasteiger partial charge on any atom is -0.460 e. The molecular formula is C22H25N5O6S. The Kier molecular flexibility index (Phi) is 7.94. The van der Waals surface area contributed by atoms with E-state index in [0.717, 1.165) is 11.4 Å². The molecule has 1 atom stereocenters. The summed E-state index contributed by atoms with van der Waals surface area (Å²) in [5.74, 6) is 1.40. The van der Waals surface area contributed by atoms with E-state index in [4.69, 9.17) is 40.6 Å². The van der Waals surface area contributed by atoms with Gasteiger partial charge in [-0.05, 0) is 24.4 Å². The molecule has 0 amide bonds. The van der Waals surface area contributed by atoms with E-state index in [2.05, 4.69) is 33.4 Å². The molecule has 2 aromatic rings. The Bertz CT molecular complexity index is 1010. The second kappa shape index (κ2) is 11.5. The summed E-state index contributed by atoms with van der Waals surface area (Å²) in [5.41, 5.74) is 0.817. The molecule has 0 aliphatic carbocycles. The first-order valence-electron chi connectivity index (χ1n) is 10.6. The van der Waals surface area contributed by atoms with Crippen molar-refractivity contribution in [1.29, 1.82) is 0 Å². The van der Waals surface area contributed by atoms with Crippen LogP contribution in [0.2, 0.25) is 0 Å². The highest BCUT2D eigenvalue weighted by Crippen LogP contribution is 2.34.